The summed E-state index contributed by atoms with van der Waals surface area (Å²) in [6, 6.07) is 9.09. The zero-order chi connectivity index (χ0) is 22.4. The van der Waals surface area contributed by atoms with E-state index in [0.717, 1.165) is 18.4 Å². The first-order chi connectivity index (χ1) is 14.8. The number of halogens is 1. The van der Waals surface area contributed by atoms with Gasteiger partial charge in [0.1, 0.15) is 5.76 Å². The summed E-state index contributed by atoms with van der Waals surface area (Å²) in [7, 11) is 0. The molecule has 2 heterocycles. The van der Waals surface area contributed by atoms with Crippen LogP contribution < -0.4 is 10.6 Å². The fourth-order valence-electron chi connectivity index (χ4n) is 3.16. The summed E-state index contributed by atoms with van der Waals surface area (Å²) in [6.45, 7) is 6.05. The molecule has 0 aliphatic heterocycles. The van der Waals surface area contributed by atoms with E-state index in [0.29, 0.717) is 33.1 Å². The van der Waals surface area contributed by atoms with Crippen LogP contribution in [0.3, 0.4) is 0 Å². The van der Waals surface area contributed by atoms with Crippen molar-refractivity contribution >= 4 is 39.9 Å². The number of aromatic nitrogens is 1. The number of furan rings is 1. The quantitative estimate of drug-likeness (QED) is 0.424. The van der Waals surface area contributed by atoms with Gasteiger partial charge in [0.05, 0.1) is 30.0 Å². The molecule has 0 bridgehead atoms. The molecule has 1 aromatic carbocycles. The Morgan fingerprint density at radius 1 is 1.16 bits per heavy atom. The average Bonchev–Trinajstić information content (AvgIpc) is 3.34. The lowest BCUT2D eigenvalue weighted by Crippen LogP contribution is -2.30. The third kappa shape index (κ3) is 6.67. The second-order valence-corrected chi connectivity index (χ2v) is 9.10. The number of carbonyl (C=O) groups is 2. The van der Waals surface area contributed by atoms with Crippen LogP contribution in [0.4, 0.5) is 5.13 Å². The first-order valence-electron chi connectivity index (χ1n) is 10.2. The molecule has 164 valence electrons. The second-order valence-electron chi connectivity index (χ2n) is 7.81. The Balaban J connectivity index is 1.61. The standard InChI is InChI=1S/C23H26ClN3O3S/c1-14(2)4-9-20(16-5-7-17(24)8-6-16)26-21(28)12-18-13-31-23(25-18)27-22(29)19-10-11-30-15(19)3/h5-8,10-11,13-14,20H,4,9,12H2,1-3H3,(H,26,28)(H,25,27,29). The molecule has 0 radical (unpaired) electrons. The summed E-state index contributed by atoms with van der Waals surface area (Å²) in [4.78, 5) is 29.4. The van der Waals surface area contributed by atoms with Gasteiger partial charge in [-0.3, -0.25) is 14.9 Å². The van der Waals surface area contributed by atoms with Crippen LogP contribution in [0.15, 0.2) is 46.4 Å². The molecule has 0 saturated carbocycles. The first kappa shape index (κ1) is 23.0. The van der Waals surface area contributed by atoms with Gasteiger partial charge in [0, 0.05) is 10.4 Å². The average molecular weight is 460 g/mol. The number of hydrogen-bond acceptors (Lipinski definition) is 5. The molecule has 2 aromatic heterocycles. The minimum Gasteiger partial charge on any atom is -0.469 e. The highest BCUT2D eigenvalue weighted by Gasteiger charge is 2.18. The van der Waals surface area contributed by atoms with Crippen LogP contribution in [-0.4, -0.2) is 16.8 Å². The number of benzene rings is 1. The summed E-state index contributed by atoms with van der Waals surface area (Å²) >= 11 is 7.29. The zero-order valence-corrected chi connectivity index (χ0v) is 19.3. The molecule has 0 saturated heterocycles. The molecule has 0 aliphatic carbocycles. The third-order valence-electron chi connectivity index (χ3n) is 4.86. The maximum absolute atomic E-state index is 12.7. The Labute approximate surface area is 191 Å². The Hall–Kier alpha value is -2.64. The number of nitrogens with zero attached hydrogens (tertiary/aromatic N) is 1. The van der Waals surface area contributed by atoms with Gasteiger partial charge in [-0.05, 0) is 49.4 Å². The van der Waals surface area contributed by atoms with Gasteiger partial charge in [-0.1, -0.05) is 37.6 Å². The number of rotatable bonds is 9. The first-order valence-corrected chi connectivity index (χ1v) is 11.4. The molecule has 3 aromatic rings. The Morgan fingerprint density at radius 3 is 2.55 bits per heavy atom. The van der Waals surface area contributed by atoms with Crippen LogP contribution in [0.5, 0.6) is 0 Å². The maximum atomic E-state index is 12.7. The Kier molecular flexibility index (Phi) is 7.87. The predicted molar refractivity (Wildman–Crippen MR) is 124 cm³/mol. The molecule has 1 atom stereocenters. The van der Waals surface area contributed by atoms with E-state index >= 15 is 0 Å². The fourth-order valence-corrected chi connectivity index (χ4v) is 3.99. The molecular weight excluding hydrogens is 434 g/mol. The lowest BCUT2D eigenvalue weighted by atomic mass is 9.97. The van der Waals surface area contributed by atoms with E-state index in [1.807, 2.05) is 24.3 Å². The van der Waals surface area contributed by atoms with E-state index in [1.54, 1.807) is 18.4 Å². The molecule has 0 aliphatic rings. The van der Waals surface area contributed by atoms with Gasteiger partial charge in [-0.25, -0.2) is 4.98 Å². The number of hydrogen-bond donors (Lipinski definition) is 2. The minimum atomic E-state index is -0.284. The minimum absolute atomic E-state index is 0.0889. The van der Waals surface area contributed by atoms with Crippen LogP contribution in [0.2, 0.25) is 5.02 Å². The summed E-state index contributed by atoms with van der Waals surface area (Å²) in [5.74, 6) is 0.684. The highest BCUT2D eigenvalue weighted by Crippen LogP contribution is 2.24. The Morgan fingerprint density at radius 2 is 1.90 bits per heavy atom. The molecule has 2 N–H and O–H groups in total. The van der Waals surface area contributed by atoms with Gasteiger partial charge in [0.15, 0.2) is 5.13 Å². The summed E-state index contributed by atoms with van der Waals surface area (Å²) in [5.41, 5.74) is 2.10. The fraction of sp³-hybridized carbons (Fsp3) is 0.348. The van der Waals surface area contributed by atoms with Crippen LogP contribution in [0.25, 0.3) is 0 Å². The lowest BCUT2D eigenvalue weighted by Gasteiger charge is -2.20. The lowest BCUT2D eigenvalue weighted by molar-refractivity contribution is -0.121. The Bertz CT molecular complexity index is 1030. The van der Waals surface area contributed by atoms with Crippen molar-refractivity contribution in [3.63, 3.8) is 0 Å². The number of amides is 2. The van der Waals surface area contributed by atoms with Crippen LogP contribution >= 0.6 is 22.9 Å². The van der Waals surface area contributed by atoms with Gasteiger partial charge < -0.3 is 9.73 Å². The molecule has 0 spiro atoms. The van der Waals surface area contributed by atoms with Crippen molar-refractivity contribution in [2.75, 3.05) is 5.32 Å². The monoisotopic (exact) mass is 459 g/mol. The van der Waals surface area contributed by atoms with E-state index in [1.165, 1.54) is 17.6 Å². The van der Waals surface area contributed by atoms with Gasteiger partial charge >= 0.3 is 0 Å². The zero-order valence-electron chi connectivity index (χ0n) is 17.8. The molecular formula is C23H26ClN3O3S. The summed E-state index contributed by atoms with van der Waals surface area (Å²) < 4.78 is 5.16. The molecule has 1 unspecified atom stereocenters. The SMILES string of the molecule is Cc1occc1C(=O)Nc1nc(CC(=O)NC(CCC(C)C)c2ccc(Cl)cc2)cs1. The van der Waals surface area contributed by atoms with E-state index in [9.17, 15) is 9.59 Å². The van der Waals surface area contributed by atoms with Crippen molar-refractivity contribution in [1.82, 2.24) is 10.3 Å². The number of nitrogens with one attached hydrogen (secondary N) is 2. The maximum Gasteiger partial charge on any atom is 0.260 e. The number of carbonyl (C=O) groups excluding carboxylic acids is 2. The van der Waals surface area contributed by atoms with Crippen molar-refractivity contribution in [1.29, 1.82) is 0 Å². The normalized spacial score (nSPS) is 12.0. The van der Waals surface area contributed by atoms with Crippen molar-refractivity contribution in [3.05, 3.63) is 69.6 Å². The van der Waals surface area contributed by atoms with Crippen molar-refractivity contribution < 1.29 is 14.0 Å². The predicted octanol–water partition coefficient (Wildman–Crippen LogP) is 5.79. The molecule has 2 amide bonds. The van der Waals surface area contributed by atoms with E-state index in [2.05, 4.69) is 29.5 Å². The summed E-state index contributed by atoms with van der Waals surface area (Å²) in [5, 5.41) is 8.76. The largest absolute Gasteiger partial charge is 0.469 e. The summed E-state index contributed by atoms with van der Waals surface area (Å²) in [6.07, 6.45) is 3.45. The van der Waals surface area contributed by atoms with Crippen molar-refractivity contribution in [2.45, 2.75) is 46.1 Å². The number of aryl methyl sites for hydroxylation is 1. The van der Waals surface area contributed by atoms with Crippen molar-refractivity contribution in [2.24, 2.45) is 5.92 Å². The molecule has 6 nitrogen and oxygen atoms in total. The van der Waals surface area contributed by atoms with Crippen LogP contribution in [0.1, 0.15) is 60.1 Å². The molecule has 0 fully saturated rings. The molecule has 8 heteroatoms. The number of anilines is 1. The van der Waals surface area contributed by atoms with Gasteiger partial charge in [-0.2, -0.15) is 0 Å². The van der Waals surface area contributed by atoms with Crippen LogP contribution in [-0.2, 0) is 11.2 Å². The smallest absolute Gasteiger partial charge is 0.260 e. The molecule has 3 rings (SSSR count). The van der Waals surface area contributed by atoms with E-state index in [-0.39, 0.29) is 24.3 Å². The van der Waals surface area contributed by atoms with Crippen molar-refractivity contribution in [3.8, 4) is 0 Å². The second kappa shape index (κ2) is 10.6. The highest BCUT2D eigenvalue weighted by atomic mass is 35.5. The van der Waals surface area contributed by atoms with Gasteiger partial charge in [0.25, 0.3) is 5.91 Å². The van der Waals surface area contributed by atoms with E-state index < -0.39 is 0 Å². The highest BCUT2D eigenvalue weighted by molar-refractivity contribution is 7.14. The van der Waals surface area contributed by atoms with Crippen LogP contribution in [0, 0.1) is 12.8 Å². The van der Waals surface area contributed by atoms with Gasteiger partial charge in [0.2, 0.25) is 5.91 Å². The van der Waals surface area contributed by atoms with E-state index in [4.69, 9.17) is 16.0 Å². The van der Waals surface area contributed by atoms with Gasteiger partial charge in [-0.15, -0.1) is 11.3 Å². The molecule has 31 heavy (non-hydrogen) atoms. The number of thiazole rings is 1. The third-order valence-corrected chi connectivity index (χ3v) is 5.92. The topological polar surface area (TPSA) is 84.2 Å².